The van der Waals surface area contributed by atoms with E-state index in [1.54, 1.807) is 42.5 Å². The molecular weight excluding hydrogens is 285 g/mol. The summed E-state index contributed by atoms with van der Waals surface area (Å²) in [7, 11) is -1.80. The van der Waals surface area contributed by atoms with Crippen LogP contribution < -0.4 is 5.46 Å². The van der Waals surface area contributed by atoms with Crippen LogP contribution in [0.3, 0.4) is 0 Å². The molecule has 5 heteroatoms. The summed E-state index contributed by atoms with van der Waals surface area (Å²) in [4.78, 5) is 0. The van der Waals surface area contributed by atoms with Crippen LogP contribution in [-0.4, -0.2) is 17.2 Å². The molecule has 22 heavy (non-hydrogen) atoms. The normalized spacial score (nSPS) is 14.7. The highest BCUT2D eigenvalue weighted by molar-refractivity contribution is 6.62. The Kier molecular flexibility index (Phi) is 2.67. The van der Waals surface area contributed by atoms with Gasteiger partial charge in [0.15, 0.2) is 0 Å². The summed E-state index contributed by atoms with van der Waals surface area (Å²) in [6.45, 7) is 0. The topological polar surface area (TPSA) is 40.5 Å². The Labute approximate surface area is 125 Å². The van der Waals surface area contributed by atoms with Crippen molar-refractivity contribution >= 4 is 23.4 Å². The molecule has 0 aromatic heterocycles. The van der Waals surface area contributed by atoms with Crippen molar-refractivity contribution in [2.24, 2.45) is 0 Å². The largest absolute Gasteiger partial charge is 0.489 e. The highest BCUT2D eigenvalue weighted by atomic mass is 19.3. The van der Waals surface area contributed by atoms with Gasteiger partial charge in [0.1, 0.15) is 0 Å². The minimum absolute atomic E-state index is 0.0419. The van der Waals surface area contributed by atoms with Crippen molar-refractivity contribution in [3.8, 4) is 11.1 Å². The lowest BCUT2D eigenvalue weighted by molar-refractivity contribution is 0.0481. The van der Waals surface area contributed by atoms with Crippen LogP contribution in [-0.2, 0) is 5.92 Å². The van der Waals surface area contributed by atoms with Gasteiger partial charge in [0.2, 0.25) is 0 Å². The van der Waals surface area contributed by atoms with Crippen molar-refractivity contribution in [2.75, 3.05) is 0 Å². The molecule has 1 aliphatic rings. The molecule has 0 fully saturated rings. The molecule has 2 nitrogen and oxygen atoms in total. The predicted octanol–water partition coefficient (Wildman–Crippen LogP) is 2.64. The lowest BCUT2D eigenvalue weighted by atomic mass is 9.75. The molecule has 108 valence electrons. The molecule has 0 radical (unpaired) electrons. The SMILES string of the molecule is OB(O)c1cc2c(c3ccccc13)-c1ccccc1C2(F)F. The van der Waals surface area contributed by atoms with E-state index in [9.17, 15) is 18.8 Å². The molecule has 0 saturated heterocycles. The van der Waals surface area contributed by atoms with Crippen molar-refractivity contribution in [2.45, 2.75) is 5.92 Å². The van der Waals surface area contributed by atoms with E-state index in [2.05, 4.69) is 0 Å². The van der Waals surface area contributed by atoms with Gasteiger partial charge < -0.3 is 10.0 Å². The van der Waals surface area contributed by atoms with Crippen molar-refractivity contribution in [3.63, 3.8) is 0 Å². The standard InChI is InChI=1S/C17H11BF2O2/c19-17(20)13-8-4-3-7-12(13)16-11-6-2-1-5-10(11)15(18(21)22)9-14(16)17/h1-9,21-22H. The summed E-state index contributed by atoms with van der Waals surface area (Å²) < 4.78 is 29.5. The Hall–Kier alpha value is -2.24. The second-order valence-corrected chi connectivity index (χ2v) is 5.43. The Balaban J connectivity index is 2.21. The highest BCUT2D eigenvalue weighted by Gasteiger charge is 2.45. The highest BCUT2D eigenvalue weighted by Crippen LogP contribution is 2.52. The molecule has 0 unspecified atom stereocenters. The van der Waals surface area contributed by atoms with Crippen LogP contribution >= 0.6 is 0 Å². The maximum Gasteiger partial charge on any atom is 0.489 e. The fourth-order valence-corrected chi connectivity index (χ4v) is 3.27. The molecule has 4 rings (SSSR count). The number of fused-ring (bicyclic) bond motifs is 5. The predicted molar refractivity (Wildman–Crippen MR) is 82.2 cm³/mol. The van der Waals surface area contributed by atoms with E-state index in [0.29, 0.717) is 21.9 Å². The number of hydrogen-bond acceptors (Lipinski definition) is 2. The first-order valence-corrected chi connectivity index (χ1v) is 6.92. The van der Waals surface area contributed by atoms with Gasteiger partial charge in [0.05, 0.1) is 0 Å². The van der Waals surface area contributed by atoms with Gasteiger partial charge in [-0.05, 0) is 27.4 Å². The summed E-state index contributed by atoms with van der Waals surface area (Å²) >= 11 is 0. The average molecular weight is 296 g/mol. The van der Waals surface area contributed by atoms with Crippen LogP contribution in [0, 0.1) is 0 Å². The molecular formula is C17H11BF2O2. The van der Waals surface area contributed by atoms with Gasteiger partial charge in [0.25, 0.3) is 5.92 Å². The van der Waals surface area contributed by atoms with Gasteiger partial charge in [-0.2, -0.15) is 8.78 Å². The van der Waals surface area contributed by atoms with Crippen LogP contribution in [0.15, 0.2) is 54.6 Å². The van der Waals surface area contributed by atoms with E-state index in [1.165, 1.54) is 12.1 Å². The molecule has 3 aromatic carbocycles. The summed E-state index contributed by atoms with van der Waals surface area (Å²) in [5.41, 5.74) is 0.857. The van der Waals surface area contributed by atoms with Gasteiger partial charge in [-0.25, -0.2) is 0 Å². The zero-order chi connectivity index (χ0) is 15.5. The lowest BCUT2D eigenvalue weighted by Gasteiger charge is -2.15. The van der Waals surface area contributed by atoms with Gasteiger partial charge in [-0.15, -0.1) is 0 Å². The molecule has 0 spiro atoms. The van der Waals surface area contributed by atoms with Gasteiger partial charge in [-0.3, -0.25) is 0 Å². The third-order valence-corrected chi connectivity index (χ3v) is 4.23. The van der Waals surface area contributed by atoms with Crippen LogP contribution in [0.5, 0.6) is 0 Å². The monoisotopic (exact) mass is 296 g/mol. The average Bonchev–Trinajstić information content (AvgIpc) is 2.75. The smallest absolute Gasteiger partial charge is 0.423 e. The zero-order valence-corrected chi connectivity index (χ0v) is 11.4. The van der Waals surface area contributed by atoms with E-state index in [-0.39, 0.29) is 16.6 Å². The quantitative estimate of drug-likeness (QED) is 0.678. The van der Waals surface area contributed by atoms with Crippen LogP contribution in [0.2, 0.25) is 0 Å². The van der Waals surface area contributed by atoms with E-state index in [4.69, 9.17) is 0 Å². The minimum atomic E-state index is -3.14. The van der Waals surface area contributed by atoms with Gasteiger partial charge in [0, 0.05) is 11.1 Å². The van der Waals surface area contributed by atoms with E-state index < -0.39 is 13.0 Å². The molecule has 3 aromatic rings. The van der Waals surface area contributed by atoms with Crippen LogP contribution in [0.1, 0.15) is 11.1 Å². The van der Waals surface area contributed by atoms with Crippen molar-refractivity contribution < 1.29 is 18.8 Å². The van der Waals surface area contributed by atoms with Crippen molar-refractivity contribution in [3.05, 3.63) is 65.7 Å². The van der Waals surface area contributed by atoms with E-state index in [1.807, 2.05) is 0 Å². The first-order chi connectivity index (χ1) is 10.5. The Morgan fingerprint density at radius 3 is 2.18 bits per heavy atom. The molecule has 0 aliphatic heterocycles. The lowest BCUT2D eigenvalue weighted by Crippen LogP contribution is -2.31. The summed E-state index contributed by atoms with van der Waals surface area (Å²) in [5, 5.41) is 20.3. The van der Waals surface area contributed by atoms with Crippen LogP contribution in [0.25, 0.3) is 21.9 Å². The fraction of sp³-hybridized carbons (Fsp3) is 0.0588. The molecule has 0 bridgehead atoms. The van der Waals surface area contributed by atoms with E-state index >= 15 is 0 Å². The molecule has 0 amide bonds. The van der Waals surface area contributed by atoms with Crippen LogP contribution in [0.4, 0.5) is 8.78 Å². The molecule has 0 saturated carbocycles. The fourth-order valence-electron chi connectivity index (χ4n) is 3.27. The second-order valence-electron chi connectivity index (χ2n) is 5.43. The Morgan fingerprint density at radius 2 is 1.45 bits per heavy atom. The third-order valence-electron chi connectivity index (χ3n) is 4.23. The zero-order valence-electron chi connectivity index (χ0n) is 11.4. The maximum atomic E-state index is 14.7. The molecule has 0 heterocycles. The summed E-state index contributed by atoms with van der Waals surface area (Å²) in [6.07, 6.45) is 0. The van der Waals surface area contributed by atoms with Crippen molar-refractivity contribution in [1.82, 2.24) is 0 Å². The van der Waals surface area contributed by atoms with E-state index in [0.717, 1.165) is 0 Å². The second kappa shape index (κ2) is 4.38. The number of alkyl halides is 2. The summed E-state index contributed by atoms with van der Waals surface area (Å²) in [5.74, 6) is -3.14. The van der Waals surface area contributed by atoms with Gasteiger partial charge in [-0.1, -0.05) is 54.6 Å². The molecule has 0 atom stereocenters. The minimum Gasteiger partial charge on any atom is -0.423 e. The number of hydrogen-bond donors (Lipinski definition) is 2. The Morgan fingerprint density at radius 1 is 0.818 bits per heavy atom. The van der Waals surface area contributed by atoms with Crippen molar-refractivity contribution in [1.29, 1.82) is 0 Å². The third kappa shape index (κ3) is 1.61. The molecule has 1 aliphatic carbocycles. The number of halogens is 2. The molecule has 2 N–H and O–H groups in total. The number of benzene rings is 3. The summed E-state index contributed by atoms with van der Waals surface area (Å²) in [6, 6.07) is 14.6. The maximum absolute atomic E-state index is 14.7. The Bertz CT molecular complexity index is 906. The van der Waals surface area contributed by atoms with Gasteiger partial charge >= 0.3 is 7.12 Å². The number of rotatable bonds is 1. The first-order valence-electron chi connectivity index (χ1n) is 6.92. The first kappa shape index (κ1) is 13.4.